The van der Waals surface area contributed by atoms with E-state index in [1.165, 1.54) is 10.4 Å². The van der Waals surface area contributed by atoms with Gasteiger partial charge in [-0.1, -0.05) is 6.07 Å². The third kappa shape index (κ3) is 1.64. The number of hydrogen-bond donors (Lipinski definition) is 1. The van der Waals surface area contributed by atoms with E-state index in [4.69, 9.17) is 5.73 Å². The molecule has 0 amide bonds. The molecule has 3 aromatic rings. The summed E-state index contributed by atoms with van der Waals surface area (Å²) in [4.78, 5) is 15.3. The van der Waals surface area contributed by atoms with Gasteiger partial charge in [0.1, 0.15) is 16.3 Å². The second kappa shape index (κ2) is 4.03. The van der Waals surface area contributed by atoms with E-state index in [0.717, 1.165) is 15.9 Å². The molecule has 0 unspecified atom stereocenters. The molecule has 18 heavy (non-hydrogen) atoms. The number of fused-ring (bicyclic) bond motifs is 1. The maximum absolute atomic E-state index is 6.04. The first-order chi connectivity index (χ1) is 8.66. The van der Waals surface area contributed by atoms with E-state index in [-0.39, 0.29) is 0 Å². The van der Waals surface area contributed by atoms with Gasteiger partial charge in [-0.2, -0.15) is 0 Å². The number of aromatic nitrogens is 3. The summed E-state index contributed by atoms with van der Waals surface area (Å²) >= 11 is 1.64. The number of anilines is 1. The van der Waals surface area contributed by atoms with Crippen molar-refractivity contribution < 1.29 is 0 Å². The molecule has 90 valence electrons. The number of thiophene rings is 1. The van der Waals surface area contributed by atoms with E-state index in [1.54, 1.807) is 17.5 Å². The summed E-state index contributed by atoms with van der Waals surface area (Å²) in [5.74, 6) is 1.12. The average molecular weight is 256 g/mol. The van der Waals surface area contributed by atoms with Gasteiger partial charge in [0.25, 0.3) is 0 Å². The van der Waals surface area contributed by atoms with Gasteiger partial charge >= 0.3 is 0 Å². The summed E-state index contributed by atoms with van der Waals surface area (Å²) < 4.78 is 0. The Kier molecular flexibility index (Phi) is 2.48. The fourth-order valence-electron chi connectivity index (χ4n) is 1.89. The molecule has 0 saturated carbocycles. The van der Waals surface area contributed by atoms with Gasteiger partial charge in [-0.15, -0.1) is 11.3 Å². The number of nitrogens with zero attached hydrogens (tertiary/aromatic N) is 3. The van der Waals surface area contributed by atoms with E-state index >= 15 is 0 Å². The number of aryl methyl sites for hydroxylation is 2. The van der Waals surface area contributed by atoms with E-state index in [2.05, 4.69) is 21.9 Å². The van der Waals surface area contributed by atoms with Crippen molar-refractivity contribution in [3.05, 3.63) is 34.8 Å². The third-order valence-corrected chi connectivity index (χ3v) is 4.05. The van der Waals surface area contributed by atoms with Crippen LogP contribution in [0.2, 0.25) is 0 Å². The summed E-state index contributed by atoms with van der Waals surface area (Å²) in [6.45, 7) is 4.12. The number of nitrogen functional groups attached to an aromatic ring is 1. The van der Waals surface area contributed by atoms with Crippen LogP contribution in [0.3, 0.4) is 0 Å². The molecule has 3 heterocycles. The Morgan fingerprint density at radius 1 is 1.17 bits per heavy atom. The monoisotopic (exact) mass is 256 g/mol. The van der Waals surface area contributed by atoms with Crippen molar-refractivity contribution in [2.75, 3.05) is 5.73 Å². The van der Waals surface area contributed by atoms with Gasteiger partial charge < -0.3 is 5.73 Å². The molecule has 3 rings (SSSR count). The van der Waals surface area contributed by atoms with Gasteiger partial charge in [-0.3, -0.25) is 4.98 Å². The van der Waals surface area contributed by atoms with Crippen LogP contribution < -0.4 is 5.73 Å². The van der Waals surface area contributed by atoms with Gasteiger partial charge in [0, 0.05) is 11.1 Å². The van der Waals surface area contributed by atoms with Crippen LogP contribution in [0.15, 0.2) is 24.4 Å². The van der Waals surface area contributed by atoms with Crippen molar-refractivity contribution in [3.63, 3.8) is 0 Å². The first-order valence-electron chi connectivity index (χ1n) is 5.61. The maximum Gasteiger partial charge on any atom is 0.181 e. The van der Waals surface area contributed by atoms with Crippen molar-refractivity contribution in [1.82, 2.24) is 15.0 Å². The summed E-state index contributed by atoms with van der Waals surface area (Å²) in [7, 11) is 0. The van der Waals surface area contributed by atoms with E-state index < -0.39 is 0 Å². The smallest absolute Gasteiger partial charge is 0.181 e. The Balaban J connectivity index is 2.28. The minimum absolute atomic E-state index is 0.530. The van der Waals surface area contributed by atoms with E-state index in [1.807, 2.05) is 25.1 Å². The highest BCUT2D eigenvalue weighted by molar-refractivity contribution is 7.18. The highest BCUT2D eigenvalue weighted by Crippen LogP contribution is 2.33. The zero-order chi connectivity index (χ0) is 12.7. The van der Waals surface area contributed by atoms with E-state index in [0.29, 0.717) is 11.6 Å². The summed E-state index contributed by atoms with van der Waals surface area (Å²) in [6, 6.07) is 5.66. The van der Waals surface area contributed by atoms with Crippen LogP contribution in [-0.2, 0) is 0 Å². The van der Waals surface area contributed by atoms with Gasteiger partial charge in [0.2, 0.25) is 0 Å². The molecular weight excluding hydrogens is 244 g/mol. The molecule has 0 aliphatic rings. The molecule has 0 aliphatic heterocycles. The highest BCUT2D eigenvalue weighted by atomic mass is 32.1. The topological polar surface area (TPSA) is 64.7 Å². The molecule has 4 nitrogen and oxygen atoms in total. The molecule has 0 radical (unpaired) electrons. The predicted octanol–water partition coefficient (Wildman–Crippen LogP) is 2.95. The lowest BCUT2D eigenvalue weighted by molar-refractivity contribution is 1.19. The van der Waals surface area contributed by atoms with Crippen molar-refractivity contribution in [3.8, 4) is 11.5 Å². The Morgan fingerprint density at radius 2 is 2.00 bits per heavy atom. The lowest BCUT2D eigenvalue weighted by Crippen LogP contribution is -1.97. The molecule has 5 heteroatoms. The largest absolute Gasteiger partial charge is 0.383 e. The molecule has 0 bridgehead atoms. The predicted molar refractivity (Wildman–Crippen MR) is 74.5 cm³/mol. The summed E-state index contributed by atoms with van der Waals surface area (Å²) in [6.07, 6.45) is 1.73. The van der Waals surface area contributed by atoms with Gasteiger partial charge in [0.05, 0.1) is 5.39 Å². The Hall–Kier alpha value is -2.01. The van der Waals surface area contributed by atoms with Crippen molar-refractivity contribution in [1.29, 1.82) is 0 Å². The fraction of sp³-hybridized carbons (Fsp3) is 0.154. The summed E-state index contributed by atoms with van der Waals surface area (Å²) in [5, 5.41) is 0.970. The molecule has 3 aromatic heterocycles. The fourth-order valence-corrected chi connectivity index (χ4v) is 2.93. The second-order valence-corrected chi connectivity index (χ2v) is 5.31. The molecule has 2 N–H and O–H groups in total. The van der Waals surface area contributed by atoms with Crippen LogP contribution in [0, 0.1) is 13.8 Å². The van der Waals surface area contributed by atoms with Crippen LogP contribution >= 0.6 is 11.3 Å². The van der Waals surface area contributed by atoms with Crippen LogP contribution in [-0.4, -0.2) is 15.0 Å². The molecule has 0 saturated heterocycles. The summed E-state index contributed by atoms with van der Waals surface area (Å²) in [5.41, 5.74) is 7.95. The first kappa shape index (κ1) is 11.1. The number of rotatable bonds is 1. The van der Waals surface area contributed by atoms with Crippen molar-refractivity contribution in [2.24, 2.45) is 0 Å². The molecule has 0 aliphatic carbocycles. The molecule has 0 aromatic carbocycles. The van der Waals surface area contributed by atoms with Crippen LogP contribution in [0.5, 0.6) is 0 Å². The minimum atomic E-state index is 0.530. The van der Waals surface area contributed by atoms with Crippen LogP contribution in [0.1, 0.15) is 10.4 Å². The normalized spacial score (nSPS) is 11.0. The minimum Gasteiger partial charge on any atom is -0.383 e. The first-order valence-corrected chi connectivity index (χ1v) is 6.43. The molecule has 0 fully saturated rings. The third-order valence-electron chi connectivity index (χ3n) is 2.95. The lowest BCUT2D eigenvalue weighted by atomic mass is 10.2. The zero-order valence-corrected chi connectivity index (χ0v) is 11.0. The Bertz CT molecular complexity index is 719. The molecule has 0 spiro atoms. The Morgan fingerprint density at radius 3 is 2.72 bits per heavy atom. The highest BCUT2D eigenvalue weighted by Gasteiger charge is 2.13. The standard InChI is InChI=1S/C13H12N4S/c1-7-8(2)18-13-10(7)11(14)16-12(17-13)9-5-3-4-6-15-9/h3-6H,1-2H3,(H2,14,16,17). The average Bonchev–Trinajstić information content (AvgIpc) is 2.66. The van der Waals surface area contributed by atoms with Crippen molar-refractivity contribution in [2.45, 2.75) is 13.8 Å². The quantitative estimate of drug-likeness (QED) is 0.727. The number of pyridine rings is 1. The number of hydrogen-bond acceptors (Lipinski definition) is 5. The molecule has 0 atom stereocenters. The zero-order valence-electron chi connectivity index (χ0n) is 10.1. The Labute approximate surface area is 109 Å². The number of nitrogens with two attached hydrogens (primary N) is 1. The van der Waals surface area contributed by atoms with Gasteiger partial charge in [-0.25, -0.2) is 9.97 Å². The second-order valence-electron chi connectivity index (χ2n) is 4.11. The van der Waals surface area contributed by atoms with Gasteiger partial charge in [-0.05, 0) is 31.5 Å². The van der Waals surface area contributed by atoms with Gasteiger partial charge in [0.15, 0.2) is 5.82 Å². The maximum atomic E-state index is 6.04. The van der Waals surface area contributed by atoms with Crippen LogP contribution in [0.25, 0.3) is 21.7 Å². The van der Waals surface area contributed by atoms with Crippen LogP contribution in [0.4, 0.5) is 5.82 Å². The van der Waals surface area contributed by atoms with E-state index in [9.17, 15) is 0 Å². The lowest BCUT2D eigenvalue weighted by Gasteiger charge is -2.02. The van der Waals surface area contributed by atoms with Crippen molar-refractivity contribution >= 4 is 27.4 Å². The SMILES string of the molecule is Cc1sc2nc(-c3ccccn3)nc(N)c2c1C. The molecular formula is C13H12N4S.